The molecule has 26 heavy (non-hydrogen) atoms. The van der Waals surface area contributed by atoms with E-state index in [2.05, 4.69) is 6.92 Å². The second-order valence-corrected chi connectivity index (χ2v) is 8.22. The van der Waals surface area contributed by atoms with Crippen molar-refractivity contribution in [2.75, 3.05) is 13.1 Å². The third-order valence-electron chi connectivity index (χ3n) is 5.93. The Kier molecular flexibility index (Phi) is 5.28. The molecule has 1 fully saturated rings. The molecule has 3 rings (SSSR count). The van der Waals surface area contributed by atoms with Gasteiger partial charge >= 0.3 is 0 Å². The molecule has 0 spiro atoms. The first-order valence-electron chi connectivity index (χ1n) is 9.48. The highest BCUT2D eigenvalue weighted by Gasteiger charge is 2.33. The molecule has 1 amide bonds. The molecule has 1 aromatic rings. The Morgan fingerprint density at radius 1 is 1.19 bits per heavy atom. The summed E-state index contributed by atoms with van der Waals surface area (Å²) in [5, 5.41) is 0. The van der Waals surface area contributed by atoms with Crippen LogP contribution in [0.5, 0.6) is 0 Å². The number of piperidine rings is 1. The molecule has 1 heterocycles. The largest absolute Gasteiger partial charge is 0.341 e. The number of ketones is 2. The second-order valence-electron chi connectivity index (χ2n) is 8.22. The van der Waals surface area contributed by atoms with Crippen molar-refractivity contribution in [2.45, 2.75) is 58.4 Å². The van der Waals surface area contributed by atoms with E-state index in [0.29, 0.717) is 37.9 Å². The van der Waals surface area contributed by atoms with Crippen LogP contribution in [0.4, 0.5) is 0 Å². The van der Waals surface area contributed by atoms with Gasteiger partial charge in [0.2, 0.25) is 5.91 Å². The minimum Gasteiger partial charge on any atom is -0.341 e. The Hall–Kier alpha value is -2.01. The van der Waals surface area contributed by atoms with E-state index in [9.17, 15) is 14.4 Å². The van der Waals surface area contributed by atoms with Crippen LogP contribution < -0.4 is 5.73 Å². The standard InChI is InChI=1S/C21H28N2O3/c1-14(22)20(26)23-9-7-21(2,8-10-23)6-5-19(25)16-4-3-15-12-18(24)13-17(15)11-16/h3-4,11,14H,5-10,12-13,22H2,1-2H3/t14-/m0/s1. The molecule has 1 aliphatic heterocycles. The van der Waals surface area contributed by atoms with Gasteiger partial charge in [0.05, 0.1) is 6.04 Å². The van der Waals surface area contributed by atoms with Gasteiger partial charge in [-0.05, 0) is 48.8 Å². The van der Waals surface area contributed by atoms with E-state index in [0.717, 1.165) is 30.4 Å². The Bertz CT molecular complexity index is 731. The third kappa shape index (κ3) is 4.04. The normalized spacial score (nSPS) is 20.0. The van der Waals surface area contributed by atoms with E-state index in [-0.39, 0.29) is 22.9 Å². The number of hydrogen-bond acceptors (Lipinski definition) is 4. The third-order valence-corrected chi connectivity index (χ3v) is 5.93. The lowest BCUT2D eigenvalue weighted by molar-refractivity contribution is -0.134. The molecule has 5 heteroatoms. The summed E-state index contributed by atoms with van der Waals surface area (Å²) in [5.41, 5.74) is 8.55. The summed E-state index contributed by atoms with van der Waals surface area (Å²) in [6.07, 6.45) is 4.08. The number of nitrogens with zero attached hydrogens (tertiary/aromatic N) is 1. The van der Waals surface area contributed by atoms with Crippen LogP contribution in [0, 0.1) is 5.41 Å². The highest BCUT2D eigenvalue weighted by Crippen LogP contribution is 2.36. The van der Waals surface area contributed by atoms with E-state index in [4.69, 9.17) is 5.73 Å². The van der Waals surface area contributed by atoms with Gasteiger partial charge in [0, 0.05) is 37.9 Å². The van der Waals surface area contributed by atoms with Gasteiger partial charge in [0.1, 0.15) is 5.78 Å². The molecular weight excluding hydrogens is 328 g/mol. The second kappa shape index (κ2) is 7.31. The van der Waals surface area contributed by atoms with Crippen molar-refractivity contribution >= 4 is 17.5 Å². The van der Waals surface area contributed by atoms with Crippen LogP contribution in [0.3, 0.4) is 0 Å². The maximum Gasteiger partial charge on any atom is 0.239 e. The topological polar surface area (TPSA) is 80.5 Å². The molecule has 0 unspecified atom stereocenters. The lowest BCUT2D eigenvalue weighted by Crippen LogP contribution is -2.47. The summed E-state index contributed by atoms with van der Waals surface area (Å²) in [6.45, 7) is 5.35. The molecule has 2 N–H and O–H groups in total. The van der Waals surface area contributed by atoms with Crippen molar-refractivity contribution < 1.29 is 14.4 Å². The number of benzene rings is 1. The van der Waals surface area contributed by atoms with Gasteiger partial charge in [-0.2, -0.15) is 0 Å². The predicted molar refractivity (Wildman–Crippen MR) is 100.0 cm³/mol. The Balaban J connectivity index is 1.54. The molecular formula is C21H28N2O3. The number of nitrogens with two attached hydrogens (primary N) is 1. The van der Waals surface area contributed by atoms with Crippen LogP contribution in [0.25, 0.3) is 0 Å². The Labute approximate surface area is 154 Å². The fourth-order valence-electron chi connectivity index (χ4n) is 3.99. The SMILES string of the molecule is C[C@H](N)C(=O)N1CCC(C)(CCC(=O)c2ccc3c(c2)CC(=O)C3)CC1. The van der Waals surface area contributed by atoms with Gasteiger partial charge in [-0.1, -0.05) is 19.1 Å². The van der Waals surface area contributed by atoms with E-state index < -0.39 is 6.04 Å². The van der Waals surface area contributed by atoms with Crippen molar-refractivity contribution in [3.05, 3.63) is 34.9 Å². The highest BCUT2D eigenvalue weighted by atomic mass is 16.2. The van der Waals surface area contributed by atoms with Gasteiger partial charge in [-0.3, -0.25) is 14.4 Å². The quantitative estimate of drug-likeness (QED) is 0.821. The van der Waals surface area contributed by atoms with Crippen LogP contribution in [0.15, 0.2) is 18.2 Å². The minimum atomic E-state index is -0.451. The maximum absolute atomic E-state index is 12.6. The number of carbonyl (C=O) groups is 3. The van der Waals surface area contributed by atoms with Crippen molar-refractivity contribution in [3.63, 3.8) is 0 Å². The van der Waals surface area contributed by atoms with E-state index >= 15 is 0 Å². The van der Waals surface area contributed by atoms with Gasteiger partial charge in [-0.15, -0.1) is 0 Å². The summed E-state index contributed by atoms with van der Waals surface area (Å²) in [7, 11) is 0. The number of fused-ring (bicyclic) bond motifs is 1. The van der Waals surface area contributed by atoms with Crippen molar-refractivity contribution in [1.82, 2.24) is 4.90 Å². The summed E-state index contributed by atoms with van der Waals surface area (Å²) >= 11 is 0. The number of rotatable bonds is 5. The molecule has 2 aliphatic rings. The summed E-state index contributed by atoms with van der Waals surface area (Å²) < 4.78 is 0. The van der Waals surface area contributed by atoms with Crippen LogP contribution in [-0.4, -0.2) is 41.5 Å². The van der Waals surface area contributed by atoms with E-state index in [1.54, 1.807) is 6.92 Å². The van der Waals surface area contributed by atoms with Crippen molar-refractivity contribution in [1.29, 1.82) is 0 Å². The average molecular weight is 356 g/mol. The fourth-order valence-corrected chi connectivity index (χ4v) is 3.99. The number of amides is 1. The molecule has 0 radical (unpaired) electrons. The van der Waals surface area contributed by atoms with E-state index in [1.807, 2.05) is 23.1 Å². The van der Waals surface area contributed by atoms with Gasteiger partial charge in [0.25, 0.3) is 0 Å². The molecule has 1 aromatic carbocycles. The molecule has 140 valence electrons. The van der Waals surface area contributed by atoms with Crippen LogP contribution in [0.2, 0.25) is 0 Å². The minimum absolute atomic E-state index is 0.0100. The lowest BCUT2D eigenvalue weighted by atomic mass is 9.76. The first kappa shape index (κ1) is 18.8. The first-order valence-corrected chi connectivity index (χ1v) is 9.48. The van der Waals surface area contributed by atoms with Crippen molar-refractivity contribution in [3.8, 4) is 0 Å². The molecule has 0 aromatic heterocycles. The van der Waals surface area contributed by atoms with Gasteiger partial charge in [-0.25, -0.2) is 0 Å². The molecule has 0 saturated carbocycles. The number of hydrogen-bond donors (Lipinski definition) is 1. The Morgan fingerprint density at radius 2 is 1.85 bits per heavy atom. The summed E-state index contributed by atoms with van der Waals surface area (Å²) in [5.74, 6) is 0.378. The highest BCUT2D eigenvalue weighted by molar-refractivity contribution is 5.97. The number of Topliss-reactive ketones (excluding diaryl/α,β-unsaturated/α-hetero) is 2. The molecule has 1 aliphatic carbocycles. The average Bonchev–Trinajstić information content (AvgIpc) is 2.99. The molecule has 5 nitrogen and oxygen atoms in total. The van der Waals surface area contributed by atoms with Crippen molar-refractivity contribution in [2.24, 2.45) is 11.1 Å². The number of carbonyl (C=O) groups excluding carboxylic acids is 3. The van der Waals surface area contributed by atoms with Crippen LogP contribution in [-0.2, 0) is 22.4 Å². The fraction of sp³-hybridized carbons (Fsp3) is 0.571. The lowest BCUT2D eigenvalue weighted by Gasteiger charge is -2.40. The monoisotopic (exact) mass is 356 g/mol. The molecule has 0 bridgehead atoms. The zero-order valence-corrected chi connectivity index (χ0v) is 15.7. The maximum atomic E-state index is 12.6. The summed E-state index contributed by atoms with van der Waals surface area (Å²) in [6, 6.07) is 5.22. The summed E-state index contributed by atoms with van der Waals surface area (Å²) in [4.78, 5) is 38.0. The zero-order chi connectivity index (χ0) is 18.9. The predicted octanol–water partition coefficient (Wildman–Crippen LogP) is 2.29. The smallest absolute Gasteiger partial charge is 0.239 e. The van der Waals surface area contributed by atoms with Crippen LogP contribution >= 0.6 is 0 Å². The van der Waals surface area contributed by atoms with Crippen LogP contribution in [0.1, 0.15) is 61.0 Å². The molecule has 1 atom stereocenters. The van der Waals surface area contributed by atoms with Gasteiger partial charge < -0.3 is 10.6 Å². The van der Waals surface area contributed by atoms with Gasteiger partial charge in [0.15, 0.2) is 5.78 Å². The number of likely N-dealkylation sites (tertiary alicyclic amines) is 1. The van der Waals surface area contributed by atoms with E-state index in [1.165, 1.54) is 0 Å². The molecule has 1 saturated heterocycles. The Morgan fingerprint density at radius 3 is 2.50 bits per heavy atom. The zero-order valence-electron chi connectivity index (χ0n) is 15.7. The first-order chi connectivity index (χ1) is 12.3.